The zero-order chi connectivity index (χ0) is 21.1. The Morgan fingerprint density at radius 1 is 1.03 bits per heavy atom. The molecule has 0 aliphatic heterocycles. The lowest BCUT2D eigenvalue weighted by molar-refractivity contribution is -0.207. The van der Waals surface area contributed by atoms with Gasteiger partial charge < -0.3 is 20.4 Å². The van der Waals surface area contributed by atoms with Gasteiger partial charge in [0, 0.05) is 6.42 Å². The molecule has 0 aromatic carbocycles. The van der Waals surface area contributed by atoms with Gasteiger partial charge in [-0.1, -0.05) is 20.8 Å². The molecular formula is C24H40O5. The van der Waals surface area contributed by atoms with Gasteiger partial charge >= 0.3 is 5.97 Å². The maximum atomic E-state index is 11.5. The van der Waals surface area contributed by atoms with E-state index in [0.717, 1.165) is 44.9 Å². The van der Waals surface area contributed by atoms with E-state index in [1.165, 1.54) is 0 Å². The van der Waals surface area contributed by atoms with Crippen LogP contribution in [0.4, 0.5) is 0 Å². The number of hydrogen-bond donors (Lipinski definition) is 4. The van der Waals surface area contributed by atoms with E-state index in [4.69, 9.17) is 5.11 Å². The Morgan fingerprint density at radius 2 is 1.76 bits per heavy atom. The van der Waals surface area contributed by atoms with Crippen molar-refractivity contribution in [1.29, 1.82) is 0 Å². The Kier molecular flexibility index (Phi) is 5.57. The lowest BCUT2D eigenvalue weighted by Crippen LogP contribution is -2.62. The maximum Gasteiger partial charge on any atom is 0.303 e. The summed E-state index contributed by atoms with van der Waals surface area (Å²) in [6.45, 7) is 6.72. The summed E-state index contributed by atoms with van der Waals surface area (Å²) >= 11 is 0. The van der Waals surface area contributed by atoms with Gasteiger partial charge in [-0.2, -0.15) is 0 Å². The van der Waals surface area contributed by atoms with Crippen LogP contribution in [0.2, 0.25) is 0 Å². The molecule has 11 atom stereocenters. The Balaban J connectivity index is 1.61. The monoisotopic (exact) mass is 408 g/mol. The summed E-state index contributed by atoms with van der Waals surface area (Å²) < 4.78 is 0. The van der Waals surface area contributed by atoms with Gasteiger partial charge in [-0.15, -0.1) is 0 Å². The number of rotatable bonds is 4. The van der Waals surface area contributed by atoms with E-state index < -0.39 is 12.1 Å². The lowest BCUT2D eigenvalue weighted by Gasteiger charge is -2.63. The van der Waals surface area contributed by atoms with Gasteiger partial charge in [-0.05, 0) is 97.7 Å². The summed E-state index contributed by atoms with van der Waals surface area (Å²) in [6.07, 6.45) is 6.00. The third-order valence-corrected chi connectivity index (χ3v) is 10.3. The maximum absolute atomic E-state index is 11.5. The van der Waals surface area contributed by atoms with Crippen molar-refractivity contribution in [3.8, 4) is 0 Å². The normalized spacial score (nSPS) is 52.9. The van der Waals surface area contributed by atoms with Crippen molar-refractivity contribution in [3.05, 3.63) is 0 Å². The highest BCUT2D eigenvalue weighted by atomic mass is 16.4. The van der Waals surface area contributed by atoms with Gasteiger partial charge in [0.1, 0.15) is 0 Å². The van der Waals surface area contributed by atoms with Crippen molar-refractivity contribution >= 4 is 5.97 Å². The fraction of sp³-hybridized carbons (Fsp3) is 0.958. The highest BCUT2D eigenvalue weighted by Gasteiger charge is 2.65. The summed E-state index contributed by atoms with van der Waals surface area (Å²) in [6, 6.07) is 0. The van der Waals surface area contributed by atoms with Gasteiger partial charge in [0.05, 0.1) is 18.3 Å². The first-order valence-electron chi connectivity index (χ1n) is 11.8. The molecule has 4 saturated carbocycles. The van der Waals surface area contributed by atoms with Gasteiger partial charge in [-0.25, -0.2) is 0 Å². The van der Waals surface area contributed by atoms with Crippen molar-refractivity contribution in [2.75, 3.05) is 0 Å². The number of carbonyl (C=O) groups is 1. The number of aliphatic hydroxyl groups is 3. The van der Waals surface area contributed by atoms with Crippen LogP contribution in [0.3, 0.4) is 0 Å². The van der Waals surface area contributed by atoms with Crippen LogP contribution in [0.1, 0.15) is 78.6 Å². The molecule has 4 N–H and O–H groups in total. The molecular weight excluding hydrogens is 368 g/mol. The molecule has 5 heteroatoms. The molecule has 0 saturated heterocycles. The fourth-order valence-corrected chi connectivity index (χ4v) is 8.68. The molecule has 4 rings (SSSR count). The SMILES string of the molecule is CC(CCC(=O)O)[C@H]1CC[C@H]2C3[C@H](O)C[C@@H]4C[C@H](O)CC[C@]4(C)[C@H]3C[C@H](O)[C@]12C. The van der Waals surface area contributed by atoms with Crippen LogP contribution in [-0.4, -0.2) is 44.7 Å². The van der Waals surface area contributed by atoms with E-state index >= 15 is 0 Å². The Labute approximate surface area is 174 Å². The predicted molar refractivity (Wildman–Crippen MR) is 110 cm³/mol. The number of fused-ring (bicyclic) bond motifs is 5. The molecule has 2 unspecified atom stereocenters. The second-order valence-electron chi connectivity index (χ2n) is 11.4. The van der Waals surface area contributed by atoms with Crippen LogP contribution in [0.15, 0.2) is 0 Å². The molecule has 0 bridgehead atoms. The quantitative estimate of drug-likeness (QED) is 0.571. The van der Waals surface area contributed by atoms with Crippen molar-refractivity contribution in [2.45, 2.75) is 96.9 Å². The molecule has 0 amide bonds. The topological polar surface area (TPSA) is 98.0 Å². The van der Waals surface area contributed by atoms with Gasteiger partial charge in [0.25, 0.3) is 0 Å². The molecule has 4 fully saturated rings. The first kappa shape index (κ1) is 21.6. The lowest BCUT2D eigenvalue weighted by atomic mass is 9.43. The zero-order valence-electron chi connectivity index (χ0n) is 18.3. The van der Waals surface area contributed by atoms with Crippen molar-refractivity contribution in [3.63, 3.8) is 0 Å². The highest BCUT2D eigenvalue weighted by molar-refractivity contribution is 5.66. The third-order valence-electron chi connectivity index (χ3n) is 10.3. The first-order valence-corrected chi connectivity index (χ1v) is 11.8. The molecule has 0 spiro atoms. The number of aliphatic hydroxyl groups excluding tert-OH is 3. The van der Waals surface area contributed by atoms with Crippen LogP contribution in [-0.2, 0) is 4.79 Å². The molecule has 0 aromatic heterocycles. The number of carboxylic acid groups (broad SMARTS) is 1. The summed E-state index contributed by atoms with van der Waals surface area (Å²) in [5, 5.41) is 42.0. The largest absolute Gasteiger partial charge is 0.481 e. The highest BCUT2D eigenvalue weighted by Crippen LogP contribution is 2.68. The molecule has 166 valence electrons. The van der Waals surface area contributed by atoms with Gasteiger partial charge in [0.15, 0.2) is 0 Å². The first-order chi connectivity index (χ1) is 13.6. The van der Waals surface area contributed by atoms with Gasteiger partial charge in [-0.3, -0.25) is 4.79 Å². The predicted octanol–water partition coefficient (Wildman–Crippen LogP) is 3.45. The Bertz CT molecular complexity index is 637. The summed E-state index contributed by atoms with van der Waals surface area (Å²) in [5.41, 5.74) is -0.143. The summed E-state index contributed by atoms with van der Waals surface area (Å²) in [7, 11) is 0. The van der Waals surface area contributed by atoms with E-state index in [2.05, 4.69) is 20.8 Å². The molecule has 4 aliphatic rings. The standard InChI is InChI=1S/C24H40O5/c1-13(4-7-21(28)29)16-5-6-17-22-18(12-20(27)24(16,17)3)23(2)9-8-15(25)10-14(23)11-19(22)26/h13-20,22,25-27H,4-12H2,1-3H3,(H,28,29)/t13?,14-,15+,16+,17-,18-,19+,20-,22?,23-,24+/m0/s1. The van der Waals surface area contributed by atoms with E-state index in [1.807, 2.05) is 0 Å². The minimum atomic E-state index is -0.748. The number of carboxylic acids is 1. The molecule has 4 aliphatic carbocycles. The van der Waals surface area contributed by atoms with E-state index in [0.29, 0.717) is 30.1 Å². The molecule has 29 heavy (non-hydrogen) atoms. The summed E-state index contributed by atoms with van der Waals surface area (Å²) in [4.78, 5) is 11.1. The average Bonchev–Trinajstić information content (AvgIpc) is 3.01. The van der Waals surface area contributed by atoms with E-state index in [-0.39, 0.29) is 41.3 Å². The van der Waals surface area contributed by atoms with Gasteiger partial charge in [0.2, 0.25) is 0 Å². The Hall–Kier alpha value is -0.650. The third kappa shape index (κ3) is 3.27. The Morgan fingerprint density at radius 3 is 2.45 bits per heavy atom. The minimum absolute atomic E-state index is 0.0957. The fourth-order valence-electron chi connectivity index (χ4n) is 8.68. The van der Waals surface area contributed by atoms with Crippen LogP contribution in [0.25, 0.3) is 0 Å². The minimum Gasteiger partial charge on any atom is -0.481 e. The van der Waals surface area contributed by atoms with Crippen LogP contribution in [0, 0.1) is 46.3 Å². The van der Waals surface area contributed by atoms with Crippen molar-refractivity contribution in [1.82, 2.24) is 0 Å². The smallest absolute Gasteiger partial charge is 0.303 e. The molecule has 0 heterocycles. The number of hydrogen-bond acceptors (Lipinski definition) is 4. The molecule has 0 radical (unpaired) electrons. The molecule has 0 aromatic rings. The van der Waals surface area contributed by atoms with E-state index in [9.17, 15) is 20.1 Å². The van der Waals surface area contributed by atoms with E-state index in [1.54, 1.807) is 0 Å². The van der Waals surface area contributed by atoms with Crippen LogP contribution < -0.4 is 0 Å². The summed E-state index contributed by atoms with van der Waals surface area (Å²) in [5.74, 6) is 0.997. The van der Waals surface area contributed by atoms with Crippen LogP contribution in [0.5, 0.6) is 0 Å². The number of aliphatic carboxylic acids is 1. The second kappa shape index (κ2) is 7.49. The zero-order valence-corrected chi connectivity index (χ0v) is 18.3. The molecule has 5 nitrogen and oxygen atoms in total. The van der Waals surface area contributed by atoms with Crippen molar-refractivity contribution < 1.29 is 25.2 Å². The second-order valence-corrected chi connectivity index (χ2v) is 11.4. The average molecular weight is 409 g/mol. The van der Waals surface area contributed by atoms with Crippen LogP contribution >= 0.6 is 0 Å². The van der Waals surface area contributed by atoms with Crippen molar-refractivity contribution in [2.24, 2.45) is 46.3 Å².